The van der Waals surface area contributed by atoms with E-state index in [9.17, 15) is 14.7 Å². The Kier molecular flexibility index (Phi) is 6.16. The summed E-state index contributed by atoms with van der Waals surface area (Å²) in [4.78, 5) is 25.9. The molecular formula is C18H25NO4. The third-order valence-electron chi connectivity index (χ3n) is 4.59. The molecule has 1 aliphatic heterocycles. The van der Waals surface area contributed by atoms with Crippen LogP contribution in [-0.2, 0) is 19.7 Å². The van der Waals surface area contributed by atoms with Gasteiger partial charge in [-0.15, -0.1) is 0 Å². The topological polar surface area (TPSA) is 66.8 Å². The molecule has 0 bridgehead atoms. The first kappa shape index (κ1) is 17.5. The summed E-state index contributed by atoms with van der Waals surface area (Å²) in [5.41, 5.74) is -0.0421. The van der Waals surface area contributed by atoms with E-state index in [0.29, 0.717) is 52.0 Å². The lowest BCUT2D eigenvalue weighted by atomic mass is 9.73. The average molecular weight is 319 g/mol. The maximum Gasteiger partial charge on any atom is 0.314 e. The van der Waals surface area contributed by atoms with Gasteiger partial charge in [-0.05, 0) is 31.7 Å². The molecule has 1 fully saturated rings. The van der Waals surface area contributed by atoms with E-state index in [1.54, 1.807) is 4.90 Å². The number of nitrogens with zero attached hydrogens (tertiary/aromatic N) is 1. The third-order valence-corrected chi connectivity index (χ3v) is 4.59. The molecule has 0 unspecified atom stereocenters. The fourth-order valence-corrected chi connectivity index (χ4v) is 3.15. The van der Waals surface area contributed by atoms with Crippen molar-refractivity contribution in [2.24, 2.45) is 0 Å². The Bertz CT molecular complexity index is 521. The summed E-state index contributed by atoms with van der Waals surface area (Å²) in [7, 11) is 0. The molecule has 1 N–H and O–H groups in total. The average Bonchev–Trinajstić information content (AvgIpc) is 2.59. The summed E-state index contributed by atoms with van der Waals surface area (Å²) in [6, 6.07) is 9.36. The van der Waals surface area contributed by atoms with Gasteiger partial charge in [0.2, 0.25) is 5.91 Å². The number of aliphatic carboxylic acids is 1. The monoisotopic (exact) mass is 319 g/mol. The maximum absolute atomic E-state index is 12.2. The summed E-state index contributed by atoms with van der Waals surface area (Å²) < 4.78 is 5.25. The molecule has 0 spiro atoms. The summed E-state index contributed by atoms with van der Waals surface area (Å²) in [5.74, 6) is -0.705. The first-order valence-corrected chi connectivity index (χ1v) is 8.24. The van der Waals surface area contributed by atoms with Crippen LogP contribution in [0.3, 0.4) is 0 Å². The molecule has 0 radical (unpaired) electrons. The van der Waals surface area contributed by atoms with Gasteiger partial charge in [0.05, 0.1) is 5.41 Å². The Morgan fingerprint density at radius 3 is 2.43 bits per heavy atom. The molecule has 1 aliphatic rings. The number of benzene rings is 1. The quantitative estimate of drug-likeness (QED) is 0.784. The fourth-order valence-electron chi connectivity index (χ4n) is 3.15. The second kappa shape index (κ2) is 8.11. The lowest BCUT2D eigenvalue weighted by Gasteiger charge is -2.39. The van der Waals surface area contributed by atoms with Gasteiger partial charge in [-0.25, -0.2) is 0 Å². The molecule has 0 aromatic heterocycles. The van der Waals surface area contributed by atoms with Crippen LogP contribution >= 0.6 is 0 Å². The lowest BCUT2D eigenvalue weighted by molar-refractivity contribution is -0.148. The molecule has 2 rings (SSSR count). The Labute approximate surface area is 137 Å². The zero-order chi connectivity index (χ0) is 16.7. The van der Waals surface area contributed by atoms with Gasteiger partial charge < -0.3 is 14.7 Å². The molecule has 0 saturated carbocycles. The highest BCUT2D eigenvalue weighted by molar-refractivity contribution is 5.82. The van der Waals surface area contributed by atoms with E-state index < -0.39 is 11.4 Å². The zero-order valence-corrected chi connectivity index (χ0v) is 13.7. The van der Waals surface area contributed by atoms with Gasteiger partial charge >= 0.3 is 5.97 Å². The van der Waals surface area contributed by atoms with E-state index in [2.05, 4.69) is 0 Å². The molecule has 0 aliphatic carbocycles. The van der Waals surface area contributed by atoms with Gasteiger partial charge in [-0.2, -0.15) is 0 Å². The Morgan fingerprint density at radius 1 is 1.22 bits per heavy atom. The van der Waals surface area contributed by atoms with Crippen LogP contribution in [0.2, 0.25) is 0 Å². The van der Waals surface area contributed by atoms with Crippen LogP contribution in [0.5, 0.6) is 0 Å². The van der Waals surface area contributed by atoms with Crippen molar-refractivity contribution in [3.05, 3.63) is 35.9 Å². The van der Waals surface area contributed by atoms with Crippen molar-refractivity contribution < 1.29 is 19.4 Å². The number of piperidine rings is 1. The molecule has 1 amide bonds. The molecular weight excluding hydrogens is 294 g/mol. The van der Waals surface area contributed by atoms with Crippen LogP contribution in [0.25, 0.3) is 0 Å². The molecule has 1 aromatic rings. The first-order valence-electron chi connectivity index (χ1n) is 8.24. The van der Waals surface area contributed by atoms with Gasteiger partial charge in [0.1, 0.15) is 0 Å². The summed E-state index contributed by atoms with van der Waals surface area (Å²) in [6.07, 6.45) is 2.10. The number of rotatable bonds is 7. The first-order chi connectivity index (χ1) is 11.1. The highest BCUT2D eigenvalue weighted by atomic mass is 16.5. The normalized spacial score (nSPS) is 17.0. The van der Waals surface area contributed by atoms with Crippen molar-refractivity contribution >= 4 is 11.9 Å². The summed E-state index contributed by atoms with van der Waals surface area (Å²) >= 11 is 0. The van der Waals surface area contributed by atoms with Crippen molar-refractivity contribution in [3.8, 4) is 0 Å². The zero-order valence-electron chi connectivity index (χ0n) is 13.7. The van der Waals surface area contributed by atoms with Gasteiger partial charge in [0.15, 0.2) is 0 Å². The Hall–Kier alpha value is -1.88. The minimum atomic E-state index is -0.872. The second-order valence-corrected chi connectivity index (χ2v) is 5.93. The molecule has 1 aromatic carbocycles. The highest BCUT2D eigenvalue weighted by Gasteiger charge is 2.43. The van der Waals surface area contributed by atoms with Crippen LogP contribution in [0.1, 0.15) is 38.2 Å². The van der Waals surface area contributed by atoms with Crippen LogP contribution in [-0.4, -0.2) is 48.2 Å². The van der Waals surface area contributed by atoms with Crippen molar-refractivity contribution in [2.75, 3.05) is 26.3 Å². The smallest absolute Gasteiger partial charge is 0.314 e. The Morgan fingerprint density at radius 2 is 1.87 bits per heavy atom. The van der Waals surface area contributed by atoms with E-state index in [1.165, 1.54) is 0 Å². The second-order valence-electron chi connectivity index (χ2n) is 5.93. The van der Waals surface area contributed by atoms with Gasteiger partial charge in [-0.1, -0.05) is 30.3 Å². The number of hydrogen-bond acceptors (Lipinski definition) is 3. The van der Waals surface area contributed by atoms with Gasteiger partial charge in [0, 0.05) is 32.7 Å². The van der Waals surface area contributed by atoms with E-state index in [0.717, 1.165) is 5.56 Å². The number of carboxylic acids is 1. The predicted molar refractivity (Wildman–Crippen MR) is 87.3 cm³/mol. The molecule has 23 heavy (non-hydrogen) atoms. The Balaban J connectivity index is 1.95. The SMILES string of the molecule is CCOCCCC(=O)N1CCC(C(=O)O)(c2ccccc2)CC1. The molecule has 5 heteroatoms. The van der Waals surface area contributed by atoms with Crippen molar-refractivity contribution in [3.63, 3.8) is 0 Å². The number of amides is 1. The fraction of sp³-hybridized carbons (Fsp3) is 0.556. The van der Waals surface area contributed by atoms with Crippen LogP contribution in [0.4, 0.5) is 0 Å². The maximum atomic E-state index is 12.2. The number of carbonyl (C=O) groups is 2. The van der Waals surface area contributed by atoms with E-state index >= 15 is 0 Å². The predicted octanol–water partition coefficient (Wildman–Crippen LogP) is 2.45. The molecule has 1 saturated heterocycles. The molecule has 0 atom stereocenters. The minimum Gasteiger partial charge on any atom is -0.481 e. The van der Waals surface area contributed by atoms with Crippen LogP contribution in [0, 0.1) is 0 Å². The van der Waals surface area contributed by atoms with E-state index in [-0.39, 0.29) is 5.91 Å². The van der Waals surface area contributed by atoms with Crippen molar-refractivity contribution in [1.29, 1.82) is 0 Å². The third kappa shape index (κ3) is 4.10. The lowest BCUT2D eigenvalue weighted by Crippen LogP contribution is -2.49. The minimum absolute atomic E-state index is 0.0942. The summed E-state index contributed by atoms with van der Waals surface area (Å²) in [5, 5.41) is 9.75. The molecule has 126 valence electrons. The van der Waals surface area contributed by atoms with Crippen molar-refractivity contribution in [1.82, 2.24) is 4.90 Å². The number of ether oxygens (including phenoxy) is 1. The number of hydrogen-bond donors (Lipinski definition) is 1. The van der Waals surface area contributed by atoms with Crippen LogP contribution in [0.15, 0.2) is 30.3 Å². The molecule has 5 nitrogen and oxygen atoms in total. The molecule has 1 heterocycles. The van der Waals surface area contributed by atoms with Crippen LogP contribution < -0.4 is 0 Å². The number of carboxylic acid groups (broad SMARTS) is 1. The largest absolute Gasteiger partial charge is 0.481 e. The van der Waals surface area contributed by atoms with Crippen molar-refractivity contribution in [2.45, 2.75) is 38.0 Å². The highest BCUT2D eigenvalue weighted by Crippen LogP contribution is 2.36. The van der Waals surface area contributed by atoms with E-state index in [4.69, 9.17) is 4.74 Å². The number of likely N-dealkylation sites (tertiary alicyclic amines) is 1. The van der Waals surface area contributed by atoms with E-state index in [1.807, 2.05) is 37.3 Å². The van der Waals surface area contributed by atoms with Gasteiger partial charge in [0.25, 0.3) is 0 Å². The van der Waals surface area contributed by atoms with Gasteiger partial charge in [-0.3, -0.25) is 9.59 Å². The standard InChI is InChI=1S/C18H25NO4/c1-2-23-14-6-9-16(20)19-12-10-18(11-13-19,17(21)22)15-7-4-3-5-8-15/h3-5,7-8H,2,6,9-14H2,1H3,(H,21,22). The number of carbonyl (C=O) groups excluding carboxylic acids is 1. The summed E-state index contributed by atoms with van der Waals surface area (Å²) in [6.45, 7) is 4.18.